The first-order valence-electron chi connectivity index (χ1n) is 4.26. The van der Waals surface area contributed by atoms with Crippen molar-refractivity contribution in [1.82, 2.24) is 0 Å². The second-order valence-electron chi connectivity index (χ2n) is 3.00. The Hall–Kier alpha value is -2.11. The maximum Gasteiger partial charge on any atom is 0.303 e. The molecule has 0 saturated carbocycles. The predicted molar refractivity (Wildman–Crippen MR) is 53.5 cm³/mol. The number of nitrogen functional groups attached to an aromatic ring is 1. The molecular weight excluding hydrogens is 200 g/mol. The molecule has 0 radical (unpaired) electrons. The Labute approximate surface area is 85.5 Å². The summed E-state index contributed by atoms with van der Waals surface area (Å²) in [6, 6.07) is 4.37. The maximum atomic E-state index is 10.5. The smallest absolute Gasteiger partial charge is 0.303 e. The highest BCUT2D eigenvalue weighted by atomic mass is 16.6. The Balaban J connectivity index is 2.94. The molecule has 0 aliphatic rings. The molecule has 0 unspecified atom stereocenters. The first-order chi connectivity index (χ1) is 7.02. The molecule has 0 bridgehead atoms. The Morgan fingerprint density at radius 3 is 2.73 bits per heavy atom. The molecule has 1 aromatic carbocycles. The van der Waals surface area contributed by atoms with E-state index in [4.69, 9.17) is 10.8 Å². The van der Waals surface area contributed by atoms with E-state index in [0.717, 1.165) is 0 Å². The van der Waals surface area contributed by atoms with E-state index >= 15 is 0 Å². The van der Waals surface area contributed by atoms with Crippen molar-refractivity contribution in [2.45, 2.75) is 12.8 Å². The van der Waals surface area contributed by atoms with Crippen LogP contribution in [-0.4, -0.2) is 16.0 Å². The van der Waals surface area contributed by atoms with Crippen LogP contribution in [0.1, 0.15) is 12.0 Å². The summed E-state index contributed by atoms with van der Waals surface area (Å²) < 4.78 is 0. The van der Waals surface area contributed by atoms with Gasteiger partial charge in [0.2, 0.25) is 0 Å². The number of aliphatic carboxylic acids is 1. The number of para-hydroxylation sites is 1. The average molecular weight is 210 g/mol. The number of hydrogen-bond acceptors (Lipinski definition) is 4. The minimum absolute atomic E-state index is 0.0451. The van der Waals surface area contributed by atoms with E-state index in [-0.39, 0.29) is 24.2 Å². The third kappa shape index (κ3) is 2.67. The molecule has 0 heterocycles. The fourth-order valence-corrected chi connectivity index (χ4v) is 1.22. The maximum absolute atomic E-state index is 10.5. The van der Waals surface area contributed by atoms with Gasteiger partial charge >= 0.3 is 5.97 Å². The van der Waals surface area contributed by atoms with Gasteiger partial charge in [0, 0.05) is 12.5 Å². The van der Waals surface area contributed by atoms with E-state index in [9.17, 15) is 14.9 Å². The first kappa shape index (κ1) is 11.0. The number of carboxylic acid groups (broad SMARTS) is 1. The van der Waals surface area contributed by atoms with Crippen molar-refractivity contribution >= 4 is 17.3 Å². The summed E-state index contributed by atoms with van der Waals surface area (Å²) in [6.45, 7) is 0. The van der Waals surface area contributed by atoms with Crippen LogP contribution in [0.3, 0.4) is 0 Å². The molecule has 3 N–H and O–H groups in total. The number of aryl methyl sites for hydroxylation is 1. The van der Waals surface area contributed by atoms with Crippen LogP contribution in [0.5, 0.6) is 0 Å². The zero-order chi connectivity index (χ0) is 11.4. The fraction of sp³-hybridized carbons (Fsp3) is 0.222. The molecule has 0 aliphatic carbocycles. The van der Waals surface area contributed by atoms with E-state index in [2.05, 4.69) is 0 Å². The van der Waals surface area contributed by atoms with Gasteiger partial charge in [0.15, 0.2) is 0 Å². The van der Waals surface area contributed by atoms with Gasteiger partial charge in [0.05, 0.1) is 4.92 Å². The number of nitro benzene ring substituents is 1. The zero-order valence-electron chi connectivity index (χ0n) is 7.84. The summed E-state index contributed by atoms with van der Waals surface area (Å²) in [5.41, 5.74) is 5.89. The number of benzene rings is 1. The van der Waals surface area contributed by atoms with Gasteiger partial charge in [0.25, 0.3) is 5.69 Å². The van der Waals surface area contributed by atoms with Crippen LogP contribution >= 0.6 is 0 Å². The number of carbonyl (C=O) groups is 1. The summed E-state index contributed by atoms with van der Waals surface area (Å²) in [5.74, 6) is -0.957. The highest BCUT2D eigenvalue weighted by molar-refractivity contribution is 5.69. The second-order valence-corrected chi connectivity index (χ2v) is 3.00. The van der Waals surface area contributed by atoms with Crippen LogP contribution < -0.4 is 5.73 Å². The molecule has 6 heteroatoms. The molecule has 0 aromatic heterocycles. The topological polar surface area (TPSA) is 106 Å². The lowest BCUT2D eigenvalue weighted by Gasteiger charge is -2.03. The third-order valence-electron chi connectivity index (χ3n) is 1.98. The molecule has 0 spiro atoms. The Morgan fingerprint density at radius 1 is 1.53 bits per heavy atom. The molecule has 1 rings (SSSR count). The number of nitro groups is 1. The van der Waals surface area contributed by atoms with Crippen molar-refractivity contribution in [3.63, 3.8) is 0 Å². The Kier molecular flexibility index (Phi) is 3.22. The van der Waals surface area contributed by atoms with E-state index < -0.39 is 10.9 Å². The normalized spacial score (nSPS) is 9.87. The van der Waals surface area contributed by atoms with Gasteiger partial charge in [-0.3, -0.25) is 14.9 Å². The van der Waals surface area contributed by atoms with Crippen molar-refractivity contribution in [2.75, 3.05) is 5.73 Å². The molecule has 0 atom stereocenters. The molecule has 0 saturated heterocycles. The van der Waals surface area contributed by atoms with E-state index in [1.54, 1.807) is 6.07 Å². The number of carboxylic acids is 1. The van der Waals surface area contributed by atoms with E-state index in [0.29, 0.717) is 5.56 Å². The van der Waals surface area contributed by atoms with Crippen LogP contribution in [0.15, 0.2) is 18.2 Å². The number of nitrogens with zero attached hydrogens (tertiary/aromatic N) is 1. The second kappa shape index (κ2) is 4.41. The number of rotatable bonds is 4. The molecule has 6 nitrogen and oxygen atoms in total. The minimum atomic E-state index is -0.957. The third-order valence-corrected chi connectivity index (χ3v) is 1.98. The fourth-order valence-electron chi connectivity index (χ4n) is 1.22. The number of nitrogens with two attached hydrogens (primary N) is 1. The summed E-state index contributed by atoms with van der Waals surface area (Å²) in [4.78, 5) is 20.3. The minimum Gasteiger partial charge on any atom is -0.481 e. The van der Waals surface area contributed by atoms with Gasteiger partial charge in [0.1, 0.15) is 5.69 Å². The lowest BCUT2D eigenvalue weighted by atomic mass is 10.1. The summed E-state index contributed by atoms with van der Waals surface area (Å²) in [5, 5.41) is 19.0. The van der Waals surface area contributed by atoms with Crippen LogP contribution in [0.2, 0.25) is 0 Å². The highest BCUT2D eigenvalue weighted by Gasteiger charge is 2.14. The van der Waals surface area contributed by atoms with Crippen molar-refractivity contribution in [2.24, 2.45) is 0 Å². The van der Waals surface area contributed by atoms with Gasteiger partial charge in [-0.15, -0.1) is 0 Å². The first-order valence-corrected chi connectivity index (χ1v) is 4.26. The zero-order valence-corrected chi connectivity index (χ0v) is 7.84. The Morgan fingerprint density at radius 2 is 2.20 bits per heavy atom. The van der Waals surface area contributed by atoms with Crippen LogP contribution in [0.4, 0.5) is 11.4 Å². The Bertz CT molecular complexity index is 403. The van der Waals surface area contributed by atoms with Crippen molar-refractivity contribution in [1.29, 1.82) is 0 Å². The molecule has 1 aromatic rings. The monoisotopic (exact) mass is 210 g/mol. The molecular formula is C9H10N2O4. The van der Waals surface area contributed by atoms with Crippen molar-refractivity contribution in [3.8, 4) is 0 Å². The lowest BCUT2D eigenvalue weighted by Crippen LogP contribution is -2.03. The molecule has 0 aliphatic heterocycles. The van der Waals surface area contributed by atoms with Gasteiger partial charge < -0.3 is 10.8 Å². The van der Waals surface area contributed by atoms with Crippen LogP contribution in [-0.2, 0) is 11.2 Å². The van der Waals surface area contributed by atoms with E-state index in [1.165, 1.54) is 12.1 Å². The number of hydrogen-bond donors (Lipinski definition) is 2. The van der Waals surface area contributed by atoms with Crippen LogP contribution in [0, 0.1) is 10.1 Å². The predicted octanol–water partition coefficient (Wildman–Crippen LogP) is 1.19. The lowest BCUT2D eigenvalue weighted by molar-refractivity contribution is -0.383. The van der Waals surface area contributed by atoms with Gasteiger partial charge in [-0.05, 0) is 12.0 Å². The SMILES string of the molecule is Nc1c(CCC(=O)O)cccc1[N+](=O)[O-]. The summed E-state index contributed by atoms with van der Waals surface area (Å²) in [7, 11) is 0. The van der Waals surface area contributed by atoms with Crippen molar-refractivity contribution in [3.05, 3.63) is 33.9 Å². The molecule has 0 amide bonds. The van der Waals surface area contributed by atoms with Gasteiger partial charge in [-0.1, -0.05) is 12.1 Å². The quantitative estimate of drug-likeness (QED) is 0.441. The molecule has 15 heavy (non-hydrogen) atoms. The van der Waals surface area contributed by atoms with Gasteiger partial charge in [-0.2, -0.15) is 0 Å². The average Bonchev–Trinajstić information content (AvgIpc) is 2.15. The van der Waals surface area contributed by atoms with Gasteiger partial charge in [-0.25, -0.2) is 0 Å². The largest absolute Gasteiger partial charge is 0.481 e. The summed E-state index contributed by atoms with van der Waals surface area (Å²) in [6.07, 6.45) is 0.105. The highest BCUT2D eigenvalue weighted by Crippen LogP contribution is 2.25. The van der Waals surface area contributed by atoms with Crippen molar-refractivity contribution < 1.29 is 14.8 Å². The summed E-state index contributed by atoms with van der Waals surface area (Å²) >= 11 is 0. The van der Waals surface area contributed by atoms with E-state index in [1.807, 2.05) is 0 Å². The number of anilines is 1. The van der Waals surface area contributed by atoms with Crippen LogP contribution in [0.25, 0.3) is 0 Å². The standard InChI is InChI=1S/C9H10N2O4/c10-9-6(4-5-8(12)13)2-1-3-7(9)11(14)15/h1-3H,4-5,10H2,(H,12,13). The molecule has 80 valence electrons. The molecule has 0 fully saturated rings.